The average molecular weight is 443 g/mol. The Hall–Kier alpha value is -0.240. The van der Waals surface area contributed by atoms with E-state index in [1.165, 1.54) is 83.5 Å². The van der Waals surface area contributed by atoms with Crippen molar-refractivity contribution in [2.45, 2.75) is 135 Å². The lowest BCUT2D eigenvalue weighted by atomic mass is 10.0. The zero-order valence-corrected chi connectivity index (χ0v) is 22.0. The third-order valence-electron chi connectivity index (χ3n) is 6.74. The van der Waals surface area contributed by atoms with E-state index in [0.717, 1.165) is 25.7 Å². The third-order valence-corrected chi connectivity index (χ3v) is 8.56. The highest BCUT2D eigenvalue weighted by molar-refractivity contribution is 7.38. The lowest BCUT2D eigenvalue weighted by Crippen LogP contribution is -2.55. The zero-order chi connectivity index (χ0) is 22.7. The first-order valence-electron chi connectivity index (χ1n) is 12.9. The van der Waals surface area contributed by atoms with Crippen molar-refractivity contribution >= 4 is 8.03 Å². The summed E-state index contributed by atoms with van der Waals surface area (Å²) in [5.41, 5.74) is 0. The molecular formula is C26H53NO2P+. The molecule has 0 N–H and O–H groups in total. The van der Waals surface area contributed by atoms with Crippen LogP contribution in [0.4, 0.5) is 0 Å². The van der Waals surface area contributed by atoms with E-state index in [1.807, 2.05) is 28.1 Å². The molecule has 4 heteroatoms. The molecule has 0 bridgehead atoms. The fraction of sp³-hybridized carbons (Fsp3) is 0.923. The van der Waals surface area contributed by atoms with Crippen molar-refractivity contribution < 1.29 is 13.9 Å². The molecule has 0 radical (unpaired) electrons. The maximum absolute atomic E-state index is 11.9. The molecule has 0 aliphatic rings. The van der Waals surface area contributed by atoms with Gasteiger partial charge in [-0.25, -0.2) is 0 Å². The molecule has 3 nitrogen and oxygen atoms in total. The number of allylic oxidation sites excluding steroid dienone is 2. The number of unbranched alkanes of at least 4 members (excludes halogenated alkanes) is 14. The van der Waals surface area contributed by atoms with Gasteiger partial charge < -0.3 is 4.89 Å². The minimum atomic E-state index is -2.43. The third kappa shape index (κ3) is 13.2. The molecule has 30 heavy (non-hydrogen) atoms. The molecule has 0 spiro atoms. The fourth-order valence-corrected chi connectivity index (χ4v) is 5.55. The van der Waals surface area contributed by atoms with Crippen LogP contribution in [0.15, 0.2) is 12.2 Å². The summed E-state index contributed by atoms with van der Waals surface area (Å²) in [6, 6.07) is 0. The Labute approximate surface area is 190 Å². The van der Waals surface area contributed by atoms with Crippen molar-refractivity contribution in [3.63, 3.8) is 0 Å². The molecule has 0 aliphatic heterocycles. The summed E-state index contributed by atoms with van der Waals surface area (Å²) in [5, 5.41) is -0.617. The van der Waals surface area contributed by atoms with Crippen LogP contribution in [-0.4, -0.2) is 30.9 Å². The Kier molecular flexibility index (Phi) is 18.2. The zero-order valence-electron chi connectivity index (χ0n) is 21.1. The Morgan fingerprint density at radius 3 is 1.47 bits per heavy atom. The van der Waals surface area contributed by atoms with E-state index in [9.17, 15) is 9.46 Å². The second-order valence-corrected chi connectivity index (χ2v) is 11.3. The van der Waals surface area contributed by atoms with Gasteiger partial charge >= 0.3 is 8.03 Å². The van der Waals surface area contributed by atoms with Crippen molar-refractivity contribution in [3.05, 3.63) is 12.2 Å². The van der Waals surface area contributed by atoms with Gasteiger partial charge in [0.25, 0.3) is 5.28 Å². The van der Waals surface area contributed by atoms with Crippen molar-refractivity contribution in [1.29, 1.82) is 0 Å². The van der Waals surface area contributed by atoms with Crippen molar-refractivity contribution in [3.8, 4) is 0 Å². The largest absolute Gasteiger partial charge is 0.590 e. The molecule has 178 valence electrons. The topological polar surface area (TPSA) is 40.1 Å². The summed E-state index contributed by atoms with van der Waals surface area (Å²) >= 11 is 0. The van der Waals surface area contributed by atoms with E-state index in [2.05, 4.69) is 19.1 Å². The SMILES string of the molecule is CCCCCCCCCCCCCC/C=C\CCCCC(CC)([P+](=O)[O-])[N+](C)(C)C. The summed E-state index contributed by atoms with van der Waals surface area (Å²) in [6.07, 6.45) is 27.2. The number of quaternary nitrogens is 1. The van der Waals surface area contributed by atoms with Gasteiger partial charge in [-0.05, 0) is 32.1 Å². The molecule has 2 atom stereocenters. The number of rotatable bonds is 21. The monoisotopic (exact) mass is 442 g/mol. The van der Waals surface area contributed by atoms with Gasteiger partial charge in [-0.2, -0.15) is 0 Å². The average Bonchev–Trinajstić information content (AvgIpc) is 2.68. The van der Waals surface area contributed by atoms with Crippen LogP contribution in [0, 0.1) is 0 Å². The van der Waals surface area contributed by atoms with Crippen LogP contribution in [-0.2, 0) is 4.57 Å². The summed E-state index contributed by atoms with van der Waals surface area (Å²) in [7, 11) is 3.58. The predicted molar refractivity (Wildman–Crippen MR) is 132 cm³/mol. The number of hydrogen-bond acceptors (Lipinski definition) is 2. The van der Waals surface area contributed by atoms with E-state index in [4.69, 9.17) is 0 Å². The molecule has 0 saturated carbocycles. The first-order chi connectivity index (χ1) is 14.3. The van der Waals surface area contributed by atoms with Gasteiger partial charge in [0.15, 0.2) is 0 Å². The van der Waals surface area contributed by atoms with Crippen LogP contribution in [0.5, 0.6) is 0 Å². The first kappa shape index (κ1) is 29.8. The van der Waals surface area contributed by atoms with E-state index >= 15 is 0 Å². The second-order valence-electron chi connectivity index (χ2n) is 10.0. The highest BCUT2D eigenvalue weighted by Crippen LogP contribution is 2.44. The van der Waals surface area contributed by atoms with Crippen LogP contribution >= 0.6 is 8.03 Å². The number of nitrogens with zero attached hydrogens (tertiary/aromatic N) is 1. The molecule has 0 aromatic carbocycles. The van der Waals surface area contributed by atoms with Gasteiger partial charge in [-0.1, -0.05) is 101 Å². The molecule has 0 aromatic heterocycles. The molecule has 0 heterocycles. The maximum atomic E-state index is 11.9. The molecule has 0 amide bonds. The van der Waals surface area contributed by atoms with Crippen LogP contribution in [0.25, 0.3) is 0 Å². The van der Waals surface area contributed by atoms with Crippen molar-refractivity contribution in [2.75, 3.05) is 21.1 Å². The molecular weight excluding hydrogens is 389 g/mol. The van der Waals surface area contributed by atoms with E-state index in [1.54, 1.807) is 0 Å². The predicted octanol–water partition coefficient (Wildman–Crippen LogP) is 8.11. The standard InChI is InChI=1S/C26H53NO2P/c1-6-8-9-10-11-12-13-14-15-16-17-18-19-20-21-22-23-24-25-26(7-2,30(28)29)27(3,4)5/h20-21H,6-19,22-25H2,1-5H3/q+1/b21-20-. The summed E-state index contributed by atoms with van der Waals surface area (Å²) in [5.74, 6) is 0. The molecule has 0 aromatic rings. The van der Waals surface area contributed by atoms with Crippen LogP contribution in [0.3, 0.4) is 0 Å². The molecule has 0 rings (SSSR count). The minimum Gasteiger partial charge on any atom is -0.590 e. The minimum absolute atomic E-state index is 0.497. The summed E-state index contributed by atoms with van der Waals surface area (Å²) in [6.45, 7) is 4.28. The van der Waals surface area contributed by atoms with Gasteiger partial charge in [-0.15, -0.1) is 0 Å². The summed E-state index contributed by atoms with van der Waals surface area (Å²) in [4.78, 5) is 11.9. The smallest absolute Gasteiger partial charge is 0.376 e. The summed E-state index contributed by atoms with van der Waals surface area (Å²) < 4.78 is 12.4. The van der Waals surface area contributed by atoms with Gasteiger partial charge in [0.05, 0.1) is 21.1 Å². The van der Waals surface area contributed by atoms with Crippen molar-refractivity contribution in [1.82, 2.24) is 0 Å². The molecule has 2 unspecified atom stereocenters. The van der Waals surface area contributed by atoms with Crippen LogP contribution in [0.1, 0.15) is 129 Å². The maximum Gasteiger partial charge on any atom is 0.376 e. The van der Waals surface area contributed by atoms with Gasteiger partial charge in [-0.3, -0.25) is 4.48 Å². The molecule has 0 aliphatic carbocycles. The Bertz CT molecular complexity index is 445. The second kappa shape index (κ2) is 18.3. The number of hydrogen-bond donors (Lipinski definition) is 0. The van der Waals surface area contributed by atoms with E-state index in [0.29, 0.717) is 10.9 Å². The Morgan fingerprint density at radius 2 is 1.10 bits per heavy atom. The lowest BCUT2D eigenvalue weighted by Gasteiger charge is -2.39. The lowest BCUT2D eigenvalue weighted by molar-refractivity contribution is -0.910. The molecule has 0 fully saturated rings. The van der Waals surface area contributed by atoms with E-state index in [-0.39, 0.29) is 0 Å². The van der Waals surface area contributed by atoms with E-state index < -0.39 is 13.3 Å². The van der Waals surface area contributed by atoms with Crippen molar-refractivity contribution in [2.24, 2.45) is 0 Å². The fourth-order valence-electron chi connectivity index (χ4n) is 4.46. The van der Waals surface area contributed by atoms with Crippen LogP contribution < -0.4 is 4.89 Å². The molecule has 0 saturated heterocycles. The highest BCUT2D eigenvalue weighted by Gasteiger charge is 2.52. The Morgan fingerprint density at radius 1 is 0.700 bits per heavy atom. The highest BCUT2D eigenvalue weighted by atomic mass is 31.1. The quantitative estimate of drug-likeness (QED) is 0.0779. The Balaban J connectivity index is 3.61. The normalized spacial score (nSPS) is 14.9. The van der Waals surface area contributed by atoms with Gasteiger partial charge in [0.2, 0.25) is 0 Å². The van der Waals surface area contributed by atoms with Crippen LogP contribution in [0.2, 0.25) is 0 Å². The first-order valence-corrected chi connectivity index (χ1v) is 14.1. The van der Waals surface area contributed by atoms with Gasteiger partial charge in [0.1, 0.15) is 0 Å². The van der Waals surface area contributed by atoms with Gasteiger partial charge in [0, 0.05) is 12.8 Å².